The highest BCUT2D eigenvalue weighted by molar-refractivity contribution is 7.99. The second-order valence-corrected chi connectivity index (χ2v) is 6.78. The molecule has 0 fully saturated rings. The van der Waals surface area contributed by atoms with E-state index in [1.807, 2.05) is 60.0 Å². The van der Waals surface area contributed by atoms with Crippen LogP contribution in [0.5, 0.6) is 11.5 Å². The number of aromatic nitrogens is 3. The number of aliphatic hydroxyl groups is 1. The third-order valence-corrected chi connectivity index (χ3v) is 4.94. The predicted octanol–water partition coefficient (Wildman–Crippen LogP) is 3.82. The zero-order chi connectivity index (χ0) is 19.1. The average molecular weight is 385 g/mol. The monoisotopic (exact) mass is 385 g/mol. The molecule has 7 heteroatoms. The van der Waals surface area contributed by atoms with Crippen LogP contribution in [-0.4, -0.2) is 45.9 Å². The van der Waals surface area contributed by atoms with Gasteiger partial charge in [0.25, 0.3) is 0 Å². The molecule has 0 aliphatic carbocycles. The summed E-state index contributed by atoms with van der Waals surface area (Å²) in [5.41, 5.74) is 1.91. The first-order valence-corrected chi connectivity index (χ1v) is 9.82. The van der Waals surface area contributed by atoms with Crippen LogP contribution in [0.4, 0.5) is 0 Å². The van der Waals surface area contributed by atoms with E-state index in [1.165, 1.54) is 0 Å². The molecular formula is C20H23N3O3S. The van der Waals surface area contributed by atoms with E-state index in [-0.39, 0.29) is 6.61 Å². The quantitative estimate of drug-likeness (QED) is 0.446. The van der Waals surface area contributed by atoms with Crippen LogP contribution in [-0.2, 0) is 0 Å². The lowest BCUT2D eigenvalue weighted by Crippen LogP contribution is -2.01. The number of rotatable bonds is 9. The van der Waals surface area contributed by atoms with Gasteiger partial charge in [0.1, 0.15) is 11.5 Å². The van der Waals surface area contributed by atoms with Gasteiger partial charge in [0.15, 0.2) is 11.0 Å². The first-order valence-electron chi connectivity index (χ1n) is 8.83. The Labute approximate surface area is 163 Å². The van der Waals surface area contributed by atoms with Crippen molar-refractivity contribution in [1.29, 1.82) is 0 Å². The summed E-state index contributed by atoms with van der Waals surface area (Å²) < 4.78 is 12.8. The molecular weight excluding hydrogens is 362 g/mol. The highest BCUT2D eigenvalue weighted by Crippen LogP contribution is 2.30. The molecule has 0 aliphatic heterocycles. The topological polar surface area (TPSA) is 69.4 Å². The van der Waals surface area contributed by atoms with Crippen molar-refractivity contribution < 1.29 is 14.6 Å². The van der Waals surface area contributed by atoms with Gasteiger partial charge >= 0.3 is 0 Å². The minimum Gasteiger partial charge on any atom is -0.497 e. The molecule has 142 valence electrons. The Kier molecular flexibility index (Phi) is 6.73. The van der Waals surface area contributed by atoms with Crippen LogP contribution >= 0.6 is 11.8 Å². The van der Waals surface area contributed by atoms with Crippen molar-refractivity contribution >= 4 is 11.8 Å². The SMILES string of the molecule is CCOc1ccc(-n2c(SCCCO)nnc2-c2ccc(OC)cc2)cc1. The highest BCUT2D eigenvalue weighted by Gasteiger charge is 2.16. The van der Waals surface area contributed by atoms with Crippen molar-refractivity contribution in [2.75, 3.05) is 26.1 Å². The Hall–Kier alpha value is -2.51. The first-order chi connectivity index (χ1) is 13.3. The molecule has 0 spiro atoms. The van der Waals surface area contributed by atoms with E-state index < -0.39 is 0 Å². The first kappa shape index (κ1) is 19.3. The fourth-order valence-electron chi connectivity index (χ4n) is 2.61. The second kappa shape index (κ2) is 9.43. The van der Waals surface area contributed by atoms with Crippen molar-refractivity contribution in [3.8, 4) is 28.6 Å². The predicted molar refractivity (Wildman–Crippen MR) is 107 cm³/mol. The molecule has 27 heavy (non-hydrogen) atoms. The van der Waals surface area contributed by atoms with Gasteiger partial charge in [0.05, 0.1) is 13.7 Å². The molecule has 2 aromatic carbocycles. The van der Waals surface area contributed by atoms with Crippen LogP contribution in [0, 0.1) is 0 Å². The number of ether oxygens (including phenoxy) is 2. The number of nitrogens with zero attached hydrogens (tertiary/aromatic N) is 3. The summed E-state index contributed by atoms with van der Waals surface area (Å²) in [6.07, 6.45) is 0.707. The summed E-state index contributed by atoms with van der Waals surface area (Å²) in [7, 11) is 1.65. The van der Waals surface area contributed by atoms with Crippen LogP contribution in [0.2, 0.25) is 0 Å². The van der Waals surface area contributed by atoms with Gasteiger partial charge in [-0.1, -0.05) is 11.8 Å². The fraction of sp³-hybridized carbons (Fsp3) is 0.300. The van der Waals surface area contributed by atoms with Crippen LogP contribution < -0.4 is 9.47 Å². The number of thioether (sulfide) groups is 1. The number of aliphatic hydroxyl groups excluding tert-OH is 1. The molecule has 1 heterocycles. The molecule has 0 amide bonds. The lowest BCUT2D eigenvalue weighted by atomic mass is 10.2. The van der Waals surface area contributed by atoms with Gasteiger partial charge in [-0.25, -0.2) is 0 Å². The van der Waals surface area contributed by atoms with Gasteiger partial charge in [-0.3, -0.25) is 4.57 Å². The molecule has 0 saturated carbocycles. The fourth-order valence-corrected chi connectivity index (χ4v) is 3.48. The van der Waals surface area contributed by atoms with E-state index in [9.17, 15) is 0 Å². The van der Waals surface area contributed by atoms with Crippen molar-refractivity contribution in [3.63, 3.8) is 0 Å². The van der Waals surface area contributed by atoms with Crippen LogP contribution in [0.15, 0.2) is 53.7 Å². The molecule has 3 rings (SSSR count). The Morgan fingerprint density at radius 3 is 2.33 bits per heavy atom. The van der Waals surface area contributed by atoms with Gasteiger partial charge in [-0.15, -0.1) is 10.2 Å². The maximum Gasteiger partial charge on any atom is 0.196 e. The van der Waals surface area contributed by atoms with E-state index in [1.54, 1.807) is 18.9 Å². The maximum absolute atomic E-state index is 9.06. The highest BCUT2D eigenvalue weighted by atomic mass is 32.2. The van der Waals surface area contributed by atoms with Crippen LogP contribution in [0.25, 0.3) is 17.1 Å². The number of methoxy groups -OCH3 is 1. The Morgan fingerprint density at radius 2 is 1.70 bits per heavy atom. The standard InChI is InChI=1S/C20H23N3O3S/c1-3-26-18-11-7-16(8-12-18)23-19(15-5-9-17(25-2)10-6-15)21-22-20(23)27-14-4-13-24/h5-12,24H,3-4,13-14H2,1-2H3. The van der Waals surface area contributed by atoms with E-state index in [0.717, 1.165) is 39.5 Å². The van der Waals surface area contributed by atoms with Gasteiger partial charge in [-0.05, 0) is 61.9 Å². The number of hydrogen-bond acceptors (Lipinski definition) is 6. The number of hydrogen-bond donors (Lipinski definition) is 1. The summed E-state index contributed by atoms with van der Waals surface area (Å²) in [6, 6.07) is 15.6. The van der Waals surface area contributed by atoms with Crippen LogP contribution in [0.1, 0.15) is 13.3 Å². The summed E-state index contributed by atoms with van der Waals surface area (Å²) in [6.45, 7) is 2.76. The van der Waals surface area contributed by atoms with Crippen molar-refractivity contribution in [3.05, 3.63) is 48.5 Å². The molecule has 6 nitrogen and oxygen atoms in total. The Balaban J connectivity index is 1.99. The van der Waals surface area contributed by atoms with E-state index in [2.05, 4.69) is 10.2 Å². The molecule has 0 aliphatic rings. The summed E-state index contributed by atoms with van der Waals surface area (Å²) in [5, 5.41) is 18.6. The normalized spacial score (nSPS) is 10.8. The zero-order valence-electron chi connectivity index (χ0n) is 15.5. The van der Waals surface area contributed by atoms with E-state index in [4.69, 9.17) is 14.6 Å². The van der Waals surface area contributed by atoms with Crippen LogP contribution in [0.3, 0.4) is 0 Å². The minimum absolute atomic E-state index is 0.162. The lowest BCUT2D eigenvalue weighted by Gasteiger charge is -2.11. The molecule has 1 N–H and O–H groups in total. The third kappa shape index (κ3) is 4.61. The van der Waals surface area contributed by atoms with Crippen molar-refractivity contribution in [2.45, 2.75) is 18.5 Å². The maximum atomic E-state index is 9.06. The molecule has 1 aromatic heterocycles. The smallest absolute Gasteiger partial charge is 0.196 e. The van der Waals surface area contributed by atoms with Gasteiger partial charge in [-0.2, -0.15) is 0 Å². The van der Waals surface area contributed by atoms with Crippen molar-refractivity contribution in [2.24, 2.45) is 0 Å². The molecule has 0 unspecified atom stereocenters. The largest absolute Gasteiger partial charge is 0.497 e. The van der Waals surface area contributed by atoms with Gasteiger partial charge in [0.2, 0.25) is 0 Å². The summed E-state index contributed by atoms with van der Waals surface area (Å²) in [5.74, 6) is 3.15. The van der Waals surface area contributed by atoms with Gasteiger partial charge in [0, 0.05) is 23.6 Å². The van der Waals surface area contributed by atoms with E-state index >= 15 is 0 Å². The molecule has 0 radical (unpaired) electrons. The lowest BCUT2D eigenvalue weighted by molar-refractivity contribution is 0.296. The minimum atomic E-state index is 0.162. The third-order valence-electron chi connectivity index (χ3n) is 3.92. The zero-order valence-corrected chi connectivity index (χ0v) is 16.3. The van der Waals surface area contributed by atoms with Crippen molar-refractivity contribution in [1.82, 2.24) is 14.8 Å². The van der Waals surface area contributed by atoms with E-state index in [0.29, 0.717) is 13.0 Å². The molecule has 0 saturated heterocycles. The summed E-state index contributed by atoms with van der Waals surface area (Å²) >= 11 is 1.58. The summed E-state index contributed by atoms with van der Waals surface area (Å²) in [4.78, 5) is 0. The average Bonchev–Trinajstić information content (AvgIpc) is 3.13. The molecule has 0 bridgehead atoms. The van der Waals surface area contributed by atoms with Gasteiger partial charge < -0.3 is 14.6 Å². The Bertz CT molecular complexity index is 848. The molecule has 0 atom stereocenters. The second-order valence-electron chi connectivity index (χ2n) is 5.72. The molecule has 3 aromatic rings. The Morgan fingerprint density at radius 1 is 1.00 bits per heavy atom. The number of benzene rings is 2.